The highest BCUT2D eigenvalue weighted by Gasteiger charge is 2.31. The fraction of sp³-hybridized carbons (Fsp3) is 0.609. The lowest BCUT2D eigenvalue weighted by atomic mass is 10.0. The molecule has 7 heteroatoms. The summed E-state index contributed by atoms with van der Waals surface area (Å²) in [5, 5.41) is 2.36. The highest BCUT2D eigenvalue weighted by Crippen LogP contribution is 2.26. The molecule has 3 rings (SSSR count). The Bertz CT molecular complexity index is 944. The van der Waals surface area contributed by atoms with Crippen LogP contribution in [0.1, 0.15) is 75.8 Å². The van der Waals surface area contributed by atoms with Crippen molar-refractivity contribution in [3.63, 3.8) is 0 Å². The van der Waals surface area contributed by atoms with E-state index < -0.39 is 11.9 Å². The van der Waals surface area contributed by atoms with Crippen LogP contribution in [0.5, 0.6) is 0 Å². The summed E-state index contributed by atoms with van der Waals surface area (Å²) >= 11 is 0. The Kier molecular flexibility index (Phi) is 7.85. The Morgan fingerprint density at radius 1 is 1.00 bits per heavy atom. The van der Waals surface area contributed by atoms with Crippen LogP contribution in [0.2, 0.25) is 0 Å². The highest BCUT2D eigenvalue weighted by atomic mass is 16.2. The molecular weight excluding hydrogens is 380 g/mol. The normalized spacial score (nSPS) is 16.9. The molecule has 1 saturated heterocycles. The molecule has 0 saturated carbocycles. The lowest BCUT2D eigenvalue weighted by Gasteiger charge is -2.21. The number of rotatable bonds is 11. The Morgan fingerprint density at radius 2 is 1.67 bits per heavy atom. The molecule has 0 aliphatic carbocycles. The first-order chi connectivity index (χ1) is 14.5. The standard InChI is InChI=1S/C23H34N4O3/c1-26-21-17(11-8-6-4-2-3-5-7-9-16-24)12-10-13-18(21)27(23(26)30)19-14-15-20(28)25-22(19)29/h10,12-13,19H,2-9,11,14-16,24H2,1H3,(H,25,28,29). The zero-order chi connectivity index (χ0) is 21.5. The molecule has 2 heterocycles. The fourth-order valence-corrected chi connectivity index (χ4v) is 4.47. The fourth-order valence-electron chi connectivity index (χ4n) is 4.47. The van der Waals surface area contributed by atoms with Crippen molar-refractivity contribution in [1.29, 1.82) is 0 Å². The third kappa shape index (κ3) is 5.01. The van der Waals surface area contributed by atoms with Crippen molar-refractivity contribution in [3.05, 3.63) is 34.2 Å². The van der Waals surface area contributed by atoms with Gasteiger partial charge < -0.3 is 5.73 Å². The molecule has 0 bridgehead atoms. The van der Waals surface area contributed by atoms with Gasteiger partial charge in [0.05, 0.1) is 11.0 Å². The molecule has 0 spiro atoms. The zero-order valence-electron chi connectivity index (χ0n) is 18.0. The van der Waals surface area contributed by atoms with Crippen LogP contribution < -0.4 is 16.7 Å². The van der Waals surface area contributed by atoms with Crippen LogP contribution in [-0.2, 0) is 23.1 Å². The number of amides is 2. The maximum Gasteiger partial charge on any atom is 0.329 e. The number of nitrogens with zero attached hydrogens (tertiary/aromatic N) is 2. The average molecular weight is 415 g/mol. The molecule has 1 aromatic carbocycles. The molecule has 30 heavy (non-hydrogen) atoms. The van der Waals surface area contributed by atoms with Gasteiger partial charge in [-0.1, -0.05) is 50.7 Å². The van der Waals surface area contributed by atoms with Crippen molar-refractivity contribution in [2.45, 2.75) is 76.7 Å². The minimum Gasteiger partial charge on any atom is -0.330 e. The van der Waals surface area contributed by atoms with E-state index in [2.05, 4.69) is 11.4 Å². The minimum absolute atomic E-state index is 0.204. The second kappa shape index (κ2) is 10.6. The number of aromatic nitrogens is 2. The van der Waals surface area contributed by atoms with E-state index >= 15 is 0 Å². The molecule has 1 aromatic heterocycles. The number of hydrogen-bond donors (Lipinski definition) is 2. The van der Waals surface area contributed by atoms with E-state index in [1.165, 1.54) is 38.5 Å². The molecule has 2 amide bonds. The average Bonchev–Trinajstić information content (AvgIpc) is 2.98. The topological polar surface area (TPSA) is 99.1 Å². The molecule has 7 nitrogen and oxygen atoms in total. The number of imidazole rings is 1. The summed E-state index contributed by atoms with van der Waals surface area (Å²) in [5.74, 6) is -0.665. The number of imide groups is 1. The first-order valence-corrected chi connectivity index (χ1v) is 11.3. The van der Waals surface area contributed by atoms with Crippen LogP contribution in [0, 0.1) is 0 Å². The summed E-state index contributed by atoms with van der Waals surface area (Å²) in [5.41, 5.74) is 8.13. The molecule has 0 radical (unpaired) electrons. The van der Waals surface area contributed by atoms with Gasteiger partial charge in [-0.15, -0.1) is 0 Å². The van der Waals surface area contributed by atoms with E-state index in [4.69, 9.17) is 5.73 Å². The number of benzene rings is 1. The summed E-state index contributed by atoms with van der Waals surface area (Å²) < 4.78 is 3.20. The van der Waals surface area contributed by atoms with E-state index in [0.717, 1.165) is 42.4 Å². The van der Waals surface area contributed by atoms with Gasteiger partial charge in [-0.05, 0) is 43.9 Å². The van der Waals surface area contributed by atoms with Crippen molar-refractivity contribution < 1.29 is 9.59 Å². The first-order valence-electron chi connectivity index (χ1n) is 11.3. The number of aryl methyl sites for hydroxylation is 2. The number of hydrogen-bond acceptors (Lipinski definition) is 4. The van der Waals surface area contributed by atoms with Crippen molar-refractivity contribution >= 4 is 22.8 Å². The van der Waals surface area contributed by atoms with Gasteiger partial charge in [-0.3, -0.25) is 24.0 Å². The summed E-state index contributed by atoms with van der Waals surface area (Å²) in [4.78, 5) is 36.8. The third-order valence-electron chi connectivity index (χ3n) is 6.11. The predicted molar refractivity (Wildman–Crippen MR) is 118 cm³/mol. The largest absolute Gasteiger partial charge is 0.330 e. The number of fused-ring (bicyclic) bond motifs is 1. The first kappa shape index (κ1) is 22.3. The molecule has 1 atom stereocenters. The SMILES string of the molecule is Cn1c(=O)n(C2CCC(=O)NC2=O)c2cccc(CCCCCCCCCCN)c21. The molecule has 1 aliphatic heterocycles. The molecule has 164 valence electrons. The van der Waals surface area contributed by atoms with E-state index in [-0.39, 0.29) is 18.0 Å². The summed E-state index contributed by atoms with van der Waals surface area (Å²) in [6.07, 6.45) is 11.2. The smallest absolute Gasteiger partial charge is 0.329 e. The molecule has 1 fully saturated rings. The van der Waals surface area contributed by atoms with E-state index in [1.807, 2.05) is 12.1 Å². The molecule has 3 N–H and O–H groups in total. The second-order valence-electron chi connectivity index (χ2n) is 8.33. The Balaban J connectivity index is 1.65. The minimum atomic E-state index is -0.631. The maximum atomic E-state index is 12.9. The van der Waals surface area contributed by atoms with Crippen LogP contribution in [0.3, 0.4) is 0 Å². The number of para-hydroxylation sites is 1. The van der Waals surface area contributed by atoms with Crippen LogP contribution >= 0.6 is 0 Å². The van der Waals surface area contributed by atoms with Crippen molar-refractivity contribution in [3.8, 4) is 0 Å². The Morgan fingerprint density at radius 3 is 2.33 bits per heavy atom. The van der Waals surface area contributed by atoms with Crippen LogP contribution in [0.4, 0.5) is 0 Å². The van der Waals surface area contributed by atoms with Crippen molar-refractivity contribution in [1.82, 2.24) is 14.5 Å². The Hall–Kier alpha value is -2.41. The number of carbonyl (C=O) groups is 2. The number of nitrogens with two attached hydrogens (primary N) is 1. The van der Waals surface area contributed by atoms with Gasteiger partial charge in [-0.25, -0.2) is 4.79 Å². The lowest BCUT2D eigenvalue weighted by molar-refractivity contribution is -0.135. The summed E-state index contributed by atoms with van der Waals surface area (Å²) in [7, 11) is 1.76. The Labute approximate surface area is 177 Å². The van der Waals surface area contributed by atoms with Gasteiger partial charge in [0.25, 0.3) is 0 Å². The van der Waals surface area contributed by atoms with Crippen LogP contribution in [0.15, 0.2) is 23.0 Å². The molecule has 2 aromatic rings. The third-order valence-corrected chi connectivity index (χ3v) is 6.11. The number of piperidine rings is 1. The summed E-state index contributed by atoms with van der Waals surface area (Å²) in [6, 6.07) is 5.29. The lowest BCUT2D eigenvalue weighted by Crippen LogP contribution is -2.44. The van der Waals surface area contributed by atoms with Gasteiger partial charge in [0.2, 0.25) is 11.8 Å². The van der Waals surface area contributed by atoms with Gasteiger partial charge >= 0.3 is 5.69 Å². The quantitative estimate of drug-likeness (QED) is 0.436. The van der Waals surface area contributed by atoms with Crippen LogP contribution in [0.25, 0.3) is 11.0 Å². The van der Waals surface area contributed by atoms with Crippen molar-refractivity contribution in [2.75, 3.05) is 6.54 Å². The molecule has 1 aliphatic rings. The second-order valence-corrected chi connectivity index (χ2v) is 8.33. The highest BCUT2D eigenvalue weighted by molar-refractivity contribution is 6.00. The molecule has 1 unspecified atom stereocenters. The molecular formula is C23H34N4O3. The van der Waals surface area contributed by atoms with Gasteiger partial charge in [0.15, 0.2) is 0 Å². The van der Waals surface area contributed by atoms with E-state index in [9.17, 15) is 14.4 Å². The van der Waals surface area contributed by atoms with Gasteiger partial charge in [-0.2, -0.15) is 0 Å². The van der Waals surface area contributed by atoms with E-state index in [0.29, 0.717) is 6.42 Å². The predicted octanol–water partition coefficient (Wildman–Crippen LogP) is 2.94. The summed E-state index contributed by atoms with van der Waals surface area (Å²) in [6.45, 7) is 0.791. The number of carbonyl (C=O) groups excluding carboxylic acids is 2. The van der Waals surface area contributed by atoms with Gasteiger partial charge in [0.1, 0.15) is 6.04 Å². The van der Waals surface area contributed by atoms with Gasteiger partial charge in [0, 0.05) is 13.5 Å². The number of nitrogens with one attached hydrogen (secondary N) is 1. The maximum absolute atomic E-state index is 12.9. The van der Waals surface area contributed by atoms with Crippen molar-refractivity contribution in [2.24, 2.45) is 12.8 Å². The van der Waals surface area contributed by atoms with E-state index in [1.54, 1.807) is 16.2 Å². The zero-order valence-corrected chi connectivity index (χ0v) is 18.0. The van der Waals surface area contributed by atoms with Crippen LogP contribution in [-0.4, -0.2) is 27.5 Å². The number of unbranched alkanes of at least 4 members (excludes halogenated alkanes) is 7. The monoisotopic (exact) mass is 414 g/mol.